The highest BCUT2D eigenvalue weighted by Crippen LogP contribution is 1.85. The summed E-state index contributed by atoms with van der Waals surface area (Å²) in [7, 11) is 1.31. The van der Waals surface area contributed by atoms with Crippen molar-refractivity contribution < 1.29 is 9.53 Å². The van der Waals surface area contributed by atoms with Crippen molar-refractivity contribution in [3.8, 4) is 0 Å². The van der Waals surface area contributed by atoms with Crippen LogP contribution in [0.4, 0.5) is 0 Å². The van der Waals surface area contributed by atoms with Gasteiger partial charge in [0.05, 0.1) is 7.11 Å². The fraction of sp³-hybridized carbons (Fsp3) is 0.286. The van der Waals surface area contributed by atoms with Crippen molar-refractivity contribution in [2.24, 2.45) is 0 Å². The molecule has 0 aliphatic rings. The fourth-order valence-electron chi connectivity index (χ4n) is 0.391. The van der Waals surface area contributed by atoms with Crippen molar-refractivity contribution in [3.63, 3.8) is 0 Å². The average molecular weight is 141 g/mol. The molecular weight excluding hydrogens is 130 g/mol. The fourth-order valence-corrected chi connectivity index (χ4v) is 0.391. The van der Waals surface area contributed by atoms with Crippen molar-refractivity contribution in [2.45, 2.75) is 0 Å². The van der Waals surface area contributed by atoms with Crippen LogP contribution in [-0.4, -0.2) is 19.6 Å². The molecule has 0 unspecified atom stereocenters. The predicted octanol–water partition coefficient (Wildman–Crippen LogP) is 0.449. The molecule has 0 aliphatic carbocycles. The van der Waals surface area contributed by atoms with Gasteiger partial charge in [0.1, 0.15) is 5.70 Å². The minimum absolute atomic E-state index is 0.252. The number of rotatable bonds is 4. The Morgan fingerprint density at radius 1 is 1.80 bits per heavy atom. The molecule has 0 aromatic carbocycles. The molecule has 0 bridgehead atoms. The second kappa shape index (κ2) is 4.61. The summed E-state index contributed by atoms with van der Waals surface area (Å²) in [5, 5.41) is 2.70. The van der Waals surface area contributed by atoms with Crippen molar-refractivity contribution in [1.82, 2.24) is 5.32 Å². The Hall–Kier alpha value is -1.25. The third kappa shape index (κ3) is 2.91. The molecule has 0 aromatic heterocycles. The molecule has 0 radical (unpaired) electrons. The van der Waals surface area contributed by atoms with Crippen LogP contribution in [0.3, 0.4) is 0 Å². The highest BCUT2D eigenvalue weighted by atomic mass is 16.5. The molecule has 0 aromatic rings. The van der Waals surface area contributed by atoms with Gasteiger partial charge in [-0.25, -0.2) is 4.79 Å². The Bertz CT molecular complexity index is 152. The van der Waals surface area contributed by atoms with E-state index >= 15 is 0 Å². The minimum atomic E-state index is -0.443. The zero-order valence-electron chi connectivity index (χ0n) is 6.02. The van der Waals surface area contributed by atoms with Crippen LogP contribution in [0.2, 0.25) is 0 Å². The van der Waals surface area contributed by atoms with E-state index in [1.165, 1.54) is 7.11 Å². The maximum Gasteiger partial charge on any atom is 0.353 e. The molecule has 10 heavy (non-hydrogen) atoms. The van der Waals surface area contributed by atoms with Crippen molar-refractivity contribution in [2.75, 3.05) is 13.7 Å². The lowest BCUT2D eigenvalue weighted by molar-refractivity contribution is -0.136. The maximum absolute atomic E-state index is 10.6. The van der Waals surface area contributed by atoms with E-state index in [9.17, 15) is 4.79 Å². The lowest BCUT2D eigenvalue weighted by Gasteiger charge is -2.02. The number of ether oxygens (including phenoxy) is 1. The summed E-state index contributed by atoms with van der Waals surface area (Å²) in [6.45, 7) is 7.41. The number of carbonyl (C=O) groups is 1. The van der Waals surface area contributed by atoms with Crippen LogP contribution >= 0.6 is 0 Å². The molecule has 0 saturated heterocycles. The van der Waals surface area contributed by atoms with Gasteiger partial charge in [0.25, 0.3) is 0 Å². The first-order valence-corrected chi connectivity index (χ1v) is 2.84. The van der Waals surface area contributed by atoms with Crippen LogP contribution < -0.4 is 5.32 Å². The Labute approximate surface area is 60.4 Å². The van der Waals surface area contributed by atoms with Gasteiger partial charge in [-0.05, 0) is 0 Å². The van der Waals surface area contributed by atoms with Crippen molar-refractivity contribution in [3.05, 3.63) is 24.9 Å². The van der Waals surface area contributed by atoms with Gasteiger partial charge < -0.3 is 10.1 Å². The van der Waals surface area contributed by atoms with Crippen LogP contribution in [0.1, 0.15) is 0 Å². The van der Waals surface area contributed by atoms with E-state index in [-0.39, 0.29) is 5.70 Å². The van der Waals surface area contributed by atoms with E-state index in [1.54, 1.807) is 6.08 Å². The van der Waals surface area contributed by atoms with E-state index in [1.807, 2.05) is 0 Å². The molecule has 56 valence electrons. The number of esters is 1. The van der Waals surface area contributed by atoms with Gasteiger partial charge in [-0.3, -0.25) is 0 Å². The van der Waals surface area contributed by atoms with Gasteiger partial charge in [0.2, 0.25) is 0 Å². The highest BCUT2D eigenvalue weighted by Gasteiger charge is 2.02. The molecule has 3 nitrogen and oxygen atoms in total. The summed E-state index contributed by atoms with van der Waals surface area (Å²) in [4.78, 5) is 10.6. The molecule has 0 aliphatic heterocycles. The normalized spacial score (nSPS) is 8.10. The van der Waals surface area contributed by atoms with Crippen molar-refractivity contribution >= 4 is 5.97 Å². The summed E-state index contributed by atoms with van der Waals surface area (Å²) >= 11 is 0. The van der Waals surface area contributed by atoms with E-state index in [2.05, 4.69) is 23.2 Å². The number of methoxy groups -OCH3 is 1. The summed E-state index contributed by atoms with van der Waals surface area (Å²) in [5.41, 5.74) is 0.252. The number of hydrogen-bond acceptors (Lipinski definition) is 3. The highest BCUT2D eigenvalue weighted by molar-refractivity contribution is 5.86. The third-order valence-corrected chi connectivity index (χ3v) is 0.892. The van der Waals surface area contributed by atoms with Crippen LogP contribution in [0, 0.1) is 0 Å². The topological polar surface area (TPSA) is 38.3 Å². The molecule has 3 heteroatoms. The van der Waals surface area contributed by atoms with Crippen LogP contribution in [0.5, 0.6) is 0 Å². The van der Waals surface area contributed by atoms with Gasteiger partial charge in [0, 0.05) is 6.54 Å². The molecular formula is C7H11NO2. The summed E-state index contributed by atoms with van der Waals surface area (Å²) in [5.74, 6) is -0.443. The summed E-state index contributed by atoms with van der Waals surface area (Å²) < 4.78 is 4.37. The quantitative estimate of drug-likeness (QED) is 0.351. The average Bonchev–Trinajstić information content (AvgIpc) is 1.98. The summed E-state index contributed by atoms with van der Waals surface area (Å²) in [6, 6.07) is 0. The van der Waals surface area contributed by atoms with Gasteiger partial charge in [-0.2, -0.15) is 0 Å². The number of carbonyl (C=O) groups excluding carboxylic acids is 1. The molecule has 0 fully saturated rings. The van der Waals surface area contributed by atoms with E-state index in [0.717, 1.165) is 0 Å². The van der Waals surface area contributed by atoms with Gasteiger partial charge in [-0.1, -0.05) is 12.7 Å². The van der Waals surface area contributed by atoms with Crippen LogP contribution in [0.15, 0.2) is 24.9 Å². The standard InChI is InChI=1S/C7H11NO2/c1-4-5-8-6(2)7(9)10-3/h4,8H,1-2,5H2,3H3. The molecule has 0 spiro atoms. The van der Waals surface area contributed by atoms with Gasteiger partial charge in [-0.15, -0.1) is 6.58 Å². The SMILES string of the molecule is C=CCNC(=C)C(=O)OC. The number of nitrogens with one attached hydrogen (secondary N) is 1. The predicted molar refractivity (Wildman–Crippen MR) is 39.4 cm³/mol. The Kier molecular flexibility index (Phi) is 4.04. The van der Waals surface area contributed by atoms with E-state index in [0.29, 0.717) is 6.54 Å². The Balaban J connectivity index is 3.62. The van der Waals surface area contributed by atoms with Crippen molar-refractivity contribution in [1.29, 1.82) is 0 Å². The van der Waals surface area contributed by atoms with Gasteiger partial charge in [0.15, 0.2) is 0 Å². The third-order valence-electron chi connectivity index (χ3n) is 0.892. The second-order valence-corrected chi connectivity index (χ2v) is 1.64. The van der Waals surface area contributed by atoms with Gasteiger partial charge >= 0.3 is 5.97 Å². The zero-order valence-corrected chi connectivity index (χ0v) is 6.02. The Morgan fingerprint density at radius 3 is 2.80 bits per heavy atom. The Morgan fingerprint density at radius 2 is 2.40 bits per heavy atom. The lowest BCUT2D eigenvalue weighted by atomic mass is 10.5. The molecule has 0 heterocycles. The molecule has 0 saturated carbocycles. The zero-order chi connectivity index (χ0) is 7.98. The molecule has 0 rings (SSSR count). The summed E-state index contributed by atoms with van der Waals surface area (Å²) in [6.07, 6.45) is 1.63. The first-order valence-electron chi connectivity index (χ1n) is 2.84. The smallest absolute Gasteiger partial charge is 0.353 e. The molecule has 1 N–H and O–H groups in total. The first kappa shape index (κ1) is 8.75. The van der Waals surface area contributed by atoms with E-state index < -0.39 is 5.97 Å². The number of hydrogen-bond donors (Lipinski definition) is 1. The molecule has 0 atom stereocenters. The largest absolute Gasteiger partial charge is 0.464 e. The monoisotopic (exact) mass is 141 g/mol. The van der Waals surface area contributed by atoms with E-state index in [4.69, 9.17) is 0 Å². The second-order valence-electron chi connectivity index (χ2n) is 1.64. The lowest BCUT2D eigenvalue weighted by Crippen LogP contribution is -2.20. The van der Waals surface area contributed by atoms with Crippen LogP contribution in [0.25, 0.3) is 0 Å². The molecule has 0 amide bonds. The minimum Gasteiger partial charge on any atom is -0.464 e. The first-order chi connectivity index (χ1) is 4.72. The van der Waals surface area contributed by atoms with Crippen LogP contribution in [-0.2, 0) is 9.53 Å². The maximum atomic E-state index is 10.6.